The molecule has 1 heterocycles. The molecule has 0 radical (unpaired) electrons. The Kier molecular flexibility index (Phi) is 7.23. The SMILES string of the molecule is CC(C)(C)OC(=O)CCNCCOc1ccnc(C(O)O)c1. The van der Waals surface area contributed by atoms with E-state index in [1.807, 2.05) is 20.8 Å². The van der Waals surface area contributed by atoms with Crippen LogP contribution in [-0.4, -0.2) is 46.5 Å². The van der Waals surface area contributed by atoms with E-state index in [2.05, 4.69) is 10.3 Å². The lowest BCUT2D eigenvalue weighted by atomic mass is 10.2. The molecule has 0 spiro atoms. The van der Waals surface area contributed by atoms with Crippen LogP contribution in [0.5, 0.6) is 5.75 Å². The number of nitrogens with zero attached hydrogens (tertiary/aromatic N) is 1. The Morgan fingerprint density at radius 2 is 2.09 bits per heavy atom. The zero-order valence-electron chi connectivity index (χ0n) is 13.2. The van der Waals surface area contributed by atoms with Crippen LogP contribution in [-0.2, 0) is 9.53 Å². The van der Waals surface area contributed by atoms with E-state index < -0.39 is 11.9 Å². The van der Waals surface area contributed by atoms with Crippen molar-refractivity contribution in [1.82, 2.24) is 10.3 Å². The van der Waals surface area contributed by atoms with Crippen LogP contribution in [0.25, 0.3) is 0 Å². The molecule has 0 fully saturated rings. The van der Waals surface area contributed by atoms with E-state index in [-0.39, 0.29) is 11.7 Å². The average molecular weight is 312 g/mol. The number of carbonyl (C=O) groups is 1. The second-order valence-electron chi connectivity index (χ2n) is 5.72. The number of esters is 1. The van der Waals surface area contributed by atoms with Crippen molar-refractivity contribution >= 4 is 5.97 Å². The monoisotopic (exact) mass is 312 g/mol. The van der Waals surface area contributed by atoms with E-state index >= 15 is 0 Å². The van der Waals surface area contributed by atoms with Gasteiger partial charge in [0.1, 0.15) is 18.0 Å². The minimum absolute atomic E-state index is 0.135. The Morgan fingerprint density at radius 3 is 2.73 bits per heavy atom. The van der Waals surface area contributed by atoms with Gasteiger partial charge in [-0.3, -0.25) is 9.78 Å². The van der Waals surface area contributed by atoms with Crippen LogP contribution < -0.4 is 10.1 Å². The number of rotatable bonds is 8. The summed E-state index contributed by atoms with van der Waals surface area (Å²) in [5, 5.41) is 21.1. The largest absolute Gasteiger partial charge is 0.492 e. The highest BCUT2D eigenvalue weighted by atomic mass is 16.6. The van der Waals surface area contributed by atoms with Crippen LogP contribution in [0.4, 0.5) is 0 Å². The first-order valence-corrected chi connectivity index (χ1v) is 7.15. The summed E-state index contributed by atoms with van der Waals surface area (Å²) in [4.78, 5) is 15.3. The fourth-order valence-electron chi connectivity index (χ4n) is 1.61. The van der Waals surface area contributed by atoms with Crippen LogP contribution in [0.15, 0.2) is 18.3 Å². The molecule has 0 unspecified atom stereocenters. The summed E-state index contributed by atoms with van der Waals surface area (Å²) in [5.74, 6) is 0.267. The lowest BCUT2D eigenvalue weighted by Crippen LogP contribution is -2.28. The number of hydrogen-bond acceptors (Lipinski definition) is 7. The highest BCUT2D eigenvalue weighted by molar-refractivity contribution is 5.70. The number of nitrogens with one attached hydrogen (secondary N) is 1. The molecule has 0 atom stereocenters. The number of carbonyl (C=O) groups excluding carboxylic acids is 1. The van der Waals surface area contributed by atoms with Crippen molar-refractivity contribution in [3.05, 3.63) is 24.0 Å². The van der Waals surface area contributed by atoms with E-state index in [4.69, 9.17) is 19.7 Å². The Morgan fingerprint density at radius 1 is 1.36 bits per heavy atom. The van der Waals surface area contributed by atoms with Gasteiger partial charge < -0.3 is 25.0 Å². The molecule has 0 aromatic carbocycles. The summed E-state index contributed by atoms with van der Waals surface area (Å²) in [6.45, 7) is 6.95. The van der Waals surface area contributed by atoms with E-state index in [9.17, 15) is 4.79 Å². The standard InChI is InChI=1S/C15H24N2O5/c1-15(2,3)22-13(18)5-6-16-8-9-21-11-4-7-17-12(10-11)14(19)20/h4,7,10,14,16,19-20H,5-6,8-9H2,1-3H3. The molecule has 0 aliphatic heterocycles. The molecule has 0 saturated heterocycles. The summed E-state index contributed by atoms with van der Waals surface area (Å²) < 4.78 is 10.6. The van der Waals surface area contributed by atoms with Crippen molar-refractivity contribution in [3.8, 4) is 5.75 Å². The van der Waals surface area contributed by atoms with Gasteiger partial charge in [-0.05, 0) is 26.8 Å². The topological polar surface area (TPSA) is 101 Å². The molecule has 124 valence electrons. The van der Waals surface area contributed by atoms with E-state index in [1.54, 1.807) is 6.07 Å². The summed E-state index contributed by atoms with van der Waals surface area (Å²) in [7, 11) is 0. The predicted octanol–water partition coefficient (Wildman–Crippen LogP) is 0.765. The minimum Gasteiger partial charge on any atom is -0.492 e. The van der Waals surface area contributed by atoms with Crippen molar-refractivity contribution in [2.75, 3.05) is 19.7 Å². The van der Waals surface area contributed by atoms with Crippen molar-refractivity contribution in [1.29, 1.82) is 0 Å². The number of aliphatic hydroxyl groups is 2. The molecule has 22 heavy (non-hydrogen) atoms. The van der Waals surface area contributed by atoms with Crippen molar-refractivity contribution in [2.45, 2.75) is 39.1 Å². The molecular weight excluding hydrogens is 288 g/mol. The number of ether oxygens (including phenoxy) is 2. The van der Waals surface area contributed by atoms with Gasteiger partial charge >= 0.3 is 5.97 Å². The fraction of sp³-hybridized carbons (Fsp3) is 0.600. The highest BCUT2D eigenvalue weighted by Gasteiger charge is 2.15. The predicted molar refractivity (Wildman–Crippen MR) is 80.2 cm³/mol. The third-order valence-corrected chi connectivity index (χ3v) is 2.49. The Balaban J connectivity index is 2.16. The maximum Gasteiger partial charge on any atom is 0.307 e. The van der Waals surface area contributed by atoms with Gasteiger partial charge in [-0.2, -0.15) is 0 Å². The molecule has 0 bridgehead atoms. The number of hydrogen-bond donors (Lipinski definition) is 3. The van der Waals surface area contributed by atoms with E-state index in [0.29, 0.717) is 31.9 Å². The molecule has 0 aliphatic rings. The normalized spacial score (nSPS) is 11.5. The summed E-state index contributed by atoms with van der Waals surface area (Å²) >= 11 is 0. The maximum absolute atomic E-state index is 11.5. The molecule has 1 aromatic rings. The first-order chi connectivity index (χ1) is 10.3. The van der Waals surface area contributed by atoms with Crippen LogP contribution in [0.3, 0.4) is 0 Å². The summed E-state index contributed by atoms with van der Waals surface area (Å²) in [6.07, 6.45) is 0.128. The van der Waals surface area contributed by atoms with Crippen molar-refractivity contribution < 1.29 is 24.5 Å². The Bertz CT molecular complexity index is 471. The lowest BCUT2D eigenvalue weighted by molar-refractivity contribution is -0.154. The lowest BCUT2D eigenvalue weighted by Gasteiger charge is -2.19. The van der Waals surface area contributed by atoms with Crippen molar-refractivity contribution in [3.63, 3.8) is 0 Å². The molecule has 7 heteroatoms. The molecule has 1 rings (SSSR count). The number of aliphatic hydroxyl groups excluding tert-OH is 1. The highest BCUT2D eigenvalue weighted by Crippen LogP contribution is 2.14. The summed E-state index contributed by atoms with van der Waals surface area (Å²) in [6, 6.07) is 3.10. The smallest absolute Gasteiger partial charge is 0.307 e. The van der Waals surface area contributed by atoms with Gasteiger partial charge in [-0.25, -0.2) is 0 Å². The van der Waals surface area contributed by atoms with Gasteiger partial charge in [-0.15, -0.1) is 0 Å². The molecule has 0 aliphatic carbocycles. The van der Waals surface area contributed by atoms with Gasteiger partial charge in [0.05, 0.1) is 12.1 Å². The first kappa shape index (κ1) is 18.3. The molecule has 0 saturated carbocycles. The van der Waals surface area contributed by atoms with Crippen molar-refractivity contribution in [2.24, 2.45) is 0 Å². The fourth-order valence-corrected chi connectivity index (χ4v) is 1.61. The van der Waals surface area contributed by atoms with E-state index in [0.717, 1.165) is 0 Å². The van der Waals surface area contributed by atoms with Crippen LogP contribution in [0, 0.1) is 0 Å². The van der Waals surface area contributed by atoms with Gasteiger partial charge in [0, 0.05) is 25.4 Å². The first-order valence-electron chi connectivity index (χ1n) is 7.15. The third kappa shape index (κ3) is 7.92. The molecule has 1 aromatic heterocycles. The zero-order valence-corrected chi connectivity index (χ0v) is 13.2. The second-order valence-corrected chi connectivity index (χ2v) is 5.72. The summed E-state index contributed by atoms with van der Waals surface area (Å²) in [5.41, 5.74) is -0.327. The van der Waals surface area contributed by atoms with E-state index in [1.165, 1.54) is 12.3 Å². The molecular formula is C15H24N2O5. The maximum atomic E-state index is 11.5. The molecule has 0 amide bonds. The average Bonchev–Trinajstić information content (AvgIpc) is 2.41. The van der Waals surface area contributed by atoms with Crippen LogP contribution >= 0.6 is 0 Å². The second kappa shape index (κ2) is 8.67. The Hall–Kier alpha value is -1.70. The van der Waals surface area contributed by atoms with Gasteiger partial charge in [0.15, 0.2) is 6.29 Å². The minimum atomic E-state index is -1.62. The van der Waals surface area contributed by atoms with Crippen LogP contribution in [0.2, 0.25) is 0 Å². The van der Waals surface area contributed by atoms with Crippen LogP contribution in [0.1, 0.15) is 39.2 Å². The van der Waals surface area contributed by atoms with Gasteiger partial charge in [0.2, 0.25) is 0 Å². The zero-order chi connectivity index (χ0) is 16.6. The third-order valence-electron chi connectivity index (χ3n) is 2.49. The van der Waals surface area contributed by atoms with Gasteiger partial charge in [0.25, 0.3) is 0 Å². The van der Waals surface area contributed by atoms with Gasteiger partial charge in [-0.1, -0.05) is 0 Å². The molecule has 7 nitrogen and oxygen atoms in total. The number of pyridine rings is 1. The Labute approximate surface area is 130 Å². The quantitative estimate of drug-likeness (QED) is 0.370. The number of aromatic nitrogens is 1. The molecule has 3 N–H and O–H groups in total.